The van der Waals surface area contributed by atoms with Crippen molar-refractivity contribution in [2.75, 3.05) is 51.2 Å². The number of hydrogen-bond donors (Lipinski definition) is 0. The molecule has 20 heavy (non-hydrogen) atoms. The van der Waals surface area contributed by atoms with Crippen LogP contribution in [0, 0.1) is 0 Å². The predicted octanol–water partition coefficient (Wildman–Crippen LogP) is 2.67. The minimum Gasteiger partial charge on any atom is -0.372 e. The second-order valence-electron chi connectivity index (χ2n) is 5.77. The van der Waals surface area contributed by atoms with E-state index >= 15 is 0 Å². The molecule has 1 aliphatic heterocycles. The Kier molecular flexibility index (Phi) is 5.86. The zero-order valence-electron chi connectivity index (χ0n) is 13.3. The number of hydrogen-bond acceptors (Lipinski definition) is 3. The Bertz CT molecular complexity index is 384. The quantitative estimate of drug-likeness (QED) is 0.818. The van der Waals surface area contributed by atoms with Gasteiger partial charge in [0.1, 0.15) is 0 Å². The molecule has 1 saturated heterocycles. The minimum atomic E-state index is 1.08. The Labute approximate surface area is 124 Å². The highest BCUT2D eigenvalue weighted by Gasteiger charge is 2.12. The van der Waals surface area contributed by atoms with Gasteiger partial charge in [0.2, 0.25) is 0 Å². The zero-order chi connectivity index (χ0) is 14.4. The maximum atomic E-state index is 2.58. The first-order chi connectivity index (χ1) is 9.72. The van der Waals surface area contributed by atoms with E-state index in [-0.39, 0.29) is 0 Å². The second-order valence-corrected chi connectivity index (χ2v) is 5.77. The Morgan fingerprint density at radius 2 is 1.65 bits per heavy atom. The standard InChI is InChI=1S/C17H29N3/c1-4-20(5-2)17-9-7-16(8-10-17)15-19-12-6-11-18(3)13-14-19/h7-10H,4-6,11-15H2,1-3H3. The van der Waals surface area contributed by atoms with Gasteiger partial charge in [-0.2, -0.15) is 0 Å². The molecule has 1 aromatic carbocycles. The molecule has 0 amide bonds. The molecule has 1 aliphatic rings. The molecule has 0 aromatic heterocycles. The molecule has 0 atom stereocenters. The van der Waals surface area contributed by atoms with Crippen LogP contribution in [0.5, 0.6) is 0 Å². The van der Waals surface area contributed by atoms with Crippen molar-refractivity contribution >= 4 is 5.69 Å². The van der Waals surface area contributed by atoms with E-state index in [0.717, 1.165) is 19.6 Å². The number of rotatable bonds is 5. The first-order valence-electron chi connectivity index (χ1n) is 7.97. The van der Waals surface area contributed by atoms with E-state index in [0.29, 0.717) is 0 Å². The average molecular weight is 275 g/mol. The van der Waals surface area contributed by atoms with E-state index in [1.807, 2.05) is 0 Å². The van der Waals surface area contributed by atoms with Crippen LogP contribution in [0.3, 0.4) is 0 Å². The summed E-state index contributed by atoms with van der Waals surface area (Å²) in [6.07, 6.45) is 1.29. The number of nitrogens with zero attached hydrogens (tertiary/aromatic N) is 3. The zero-order valence-corrected chi connectivity index (χ0v) is 13.3. The second kappa shape index (κ2) is 7.65. The molecule has 1 heterocycles. The van der Waals surface area contributed by atoms with Crippen molar-refractivity contribution in [3.8, 4) is 0 Å². The van der Waals surface area contributed by atoms with Gasteiger partial charge in [-0.1, -0.05) is 12.1 Å². The van der Waals surface area contributed by atoms with Gasteiger partial charge < -0.3 is 9.80 Å². The van der Waals surface area contributed by atoms with Crippen LogP contribution in [0.15, 0.2) is 24.3 Å². The third-order valence-corrected chi connectivity index (χ3v) is 4.28. The maximum absolute atomic E-state index is 2.58. The van der Waals surface area contributed by atoms with Gasteiger partial charge in [-0.3, -0.25) is 4.90 Å². The molecule has 0 bridgehead atoms. The van der Waals surface area contributed by atoms with Gasteiger partial charge in [0.25, 0.3) is 0 Å². The Morgan fingerprint density at radius 3 is 2.30 bits per heavy atom. The van der Waals surface area contributed by atoms with E-state index in [1.165, 1.54) is 43.9 Å². The summed E-state index contributed by atoms with van der Waals surface area (Å²) in [4.78, 5) is 7.41. The number of anilines is 1. The first-order valence-corrected chi connectivity index (χ1v) is 7.97. The largest absolute Gasteiger partial charge is 0.372 e. The molecule has 0 spiro atoms. The number of benzene rings is 1. The van der Waals surface area contributed by atoms with Gasteiger partial charge in [-0.05, 0) is 58.1 Å². The molecule has 0 aliphatic carbocycles. The van der Waals surface area contributed by atoms with E-state index < -0.39 is 0 Å². The van der Waals surface area contributed by atoms with Crippen LogP contribution in [-0.2, 0) is 6.54 Å². The lowest BCUT2D eigenvalue weighted by Gasteiger charge is -2.23. The van der Waals surface area contributed by atoms with Crippen molar-refractivity contribution in [2.45, 2.75) is 26.8 Å². The summed E-state index contributed by atoms with van der Waals surface area (Å²) in [6, 6.07) is 9.13. The van der Waals surface area contributed by atoms with Gasteiger partial charge in [0, 0.05) is 38.4 Å². The highest BCUT2D eigenvalue weighted by atomic mass is 15.2. The van der Waals surface area contributed by atoms with Crippen LogP contribution >= 0.6 is 0 Å². The van der Waals surface area contributed by atoms with Crippen LogP contribution in [0.1, 0.15) is 25.8 Å². The summed E-state index contributed by atoms with van der Waals surface area (Å²) < 4.78 is 0. The SMILES string of the molecule is CCN(CC)c1ccc(CN2CCCN(C)CC2)cc1. The molecule has 0 unspecified atom stereocenters. The average Bonchev–Trinajstić information content (AvgIpc) is 2.67. The summed E-state index contributed by atoms with van der Waals surface area (Å²) in [5.41, 5.74) is 2.78. The topological polar surface area (TPSA) is 9.72 Å². The highest BCUT2D eigenvalue weighted by Crippen LogP contribution is 2.16. The van der Waals surface area contributed by atoms with E-state index in [9.17, 15) is 0 Å². The van der Waals surface area contributed by atoms with Crippen molar-refractivity contribution in [2.24, 2.45) is 0 Å². The fourth-order valence-electron chi connectivity index (χ4n) is 2.92. The van der Waals surface area contributed by atoms with Gasteiger partial charge in [0.05, 0.1) is 0 Å². The summed E-state index contributed by atoms with van der Waals surface area (Å²) >= 11 is 0. The lowest BCUT2D eigenvalue weighted by molar-refractivity contribution is 0.269. The van der Waals surface area contributed by atoms with Crippen LogP contribution in [0.4, 0.5) is 5.69 Å². The lowest BCUT2D eigenvalue weighted by Crippen LogP contribution is -2.28. The summed E-state index contributed by atoms with van der Waals surface area (Å²) in [5, 5.41) is 0. The fourth-order valence-corrected chi connectivity index (χ4v) is 2.92. The first kappa shape index (κ1) is 15.3. The molecule has 0 saturated carbocycles. The van der Waals surface area contributed by atoms with Crippen molar-refractivity contribution < 1.29 is 0 Å². The van der Waals surface area contributed by atoms with Crippen LogP contribution in [0.25, 0.3) is 0 Å². The Balaban J connectivity index is 1.93. The van der Waals surface area contributed by atoms with Gasteiger partial charge >= 0.3 is 0 Å². The monoisotopic (exact) mass is 275 g/mol. The van der Waals surface area contributed by atoms with Crippen molar-refractivity contribution in [1.29, 1.82) is 0 Å². The predicted molar refractivity (Wildman–Crippen MR) is 87.4 cm³/mol. The molecule has 2 rings (SSSR count). The third kappa shape index (κ3) is 4.22. The van der Waals surface area contributed by atoms with Gasteiger partial charge in [0.15, 0.2) is 0 Å². The molecule has 1 aromatic rings. The van der Waals surface area contributed by atoms with E-state index in [2.05, 4.69) is 59.9 Å². The lowest BCUT2D eigenvalue weighted by atomic mass is 10.1. The van der Waals surface area contributed by atoms with E-state index in [4.69, 9.17) is 0 Å². The molecule has 112 valence electrons. The van der Waals surface area contributed by atoms with Crippen molar-refractivity contribution in [3.63, 3.8) is 0 Å². The van der Waals surface area contributed by atoms with Gasteiger partial charge in [-0.25, -0.2) is 0 Å². The summed E-state index contributed by atoms with van der Waals surface area (Å²) in [5.74, 6) is 0. The molecular weight excluding hydrogens is 246 g/mol. The fraction of sp³-hybridized carbons (Fsp3) is 0.647. The summed E-state index contributed by atoms with van der Waals surface area (Å²) in [6.45, 7) is 12.5. The smallest absolute Gasteiger partial charge is 0.0366 e. The van der Waals surface area contributed by atoms with Crippen LogP contribution in [-0.4, -0.2) is 56.1 Å². The van der Waals surface area contributed by atoms with E-state index in [1.54, 1.807) is 0 Å². The van der Waals surface area contributed by atoms with Crippen molar-refractivity contribution in [3.05, 3.63) is 29.8 Å². The number of likely N-dealkylation sites (N-methyl/N-ethyl adjacent to an activating group) is 1. The summed E-state index contributed by atoms with van der Waals surface area (Å²) in [7, 11) is 2.22. The molecule has 0 N–H and O–H groups in total. The highest BCUT2D eigenvalue weighted by molar-refractivity contribution is 5.47. The van der Waals surface area contributed by atoms with Crippen LogP contribution in [0.2, 0.25) is 0 Å². The molecule has 0 radical (unpaired) electrons. The van der Waals surface area contributed by atoms with Gasteiger partial charge in [-0.15, -0.1) is 0 Å². The molecule has 3 nitrogen and oxygen atoms in total. The van der Waals surface area contributed by atoms with Crippen molar-refractivity contribution in [1.82, 2.24) is 9.80 Å². The third-order valence-electron chi connectivity index (χ3n) is 4.28. The van der Waals surface area contributed by atoms with Crippen LogP contribution < -0.4 is 4.90 Å². The molecular formula is C17H29N3. The molecule has 3 heteroatoms. The molecule has 1 fully saturated rings. The Morgan fingerprint density at radius 1 is 0.950 bits per heavy atom. The Hall–Kier alpha value is -1.06. The maximum Gasteiger partial charge on any atom is 0.0366 e. The minimum absolute atomic E-state index is 1.08. The normalized spacial score (nSPS) is 17.9.